The molecule has 7 nitrogen and oxygen atoms in total. The summed E-state index contributed by atoms with van der Waals surface area (Å²) in [6.07, 6.45) is -1.58. The first kappa shape index (κ1) is 22.4. The van der Waals surface area contributed by atoms with Crippen molar-refractivity contribution >= 4 is 21.7 Å². The standard InChI is InChI=1S/C17H25F3N4O3S/c1-2-11-28(26,27)24-10-4-5-13(12-24)16(25)23-9-8-22-15-14(17(18,19)20)6-3-7-21-15/h3,6-7,13H,2,4-5,8-12H2,1H3,(H,21,22)(H,23,25). The Balaban J connectivity index is 1.83. The Morgan fingerprint density at radius 2 is 2.11 bits per heavy atom. The molecule has 11 heteroatoms. The summed E-state index contributed by atoms with van der Waals surface area (Å²) in [5.74, 6) is -0.994. The Labute approximate surface area is 162 Å². The topological polar surface area (TPSA) is 91.4 Å². The highest BCUT2D eigenvalue weighted by Crippen LogP contribution is 2.33. The van der Waals surface area contributed by atoms with Gasteiger partial charge in [-0.3, -0.25) is 4.79 Å². The lowest BCUT2D eigenvalue weighted by Crippen LogP contribution is -2.46. The van der Waals surface area contributed by atoms with E-state index in [1.54, 1.807) is 6.92 Å². The zero-order valence-electron chi connectivity index (χ0n) is 15.6. The average Bonchev–Trinajstić information content (AvgIpc) is 2.64. The normalized spacial score (nSPS) is 18.6. The molecule has 1 fully saturated rings. The number of halogens is 3. The van der Waals surface area contributed by atoms with Gasteiger partial charge in [-0.1, -0.05) is 6.92 Å². The van der Waals surface area contributed by atoms with E-state index in [0.29, 0.717) is 25.8 Å². The van der Waals surface area contributed by atoms with Crippen LogP contribution in [-0.4, -0.2) is 55.5 Å². The van der Waals surface area contributed by atoms with E-state index in [4.69, 9.17) is 0 Å². The molecule has 0 aliphatic carbocycles. The molecule has 1 aliphatic heterocycles. The average molecular weight is 422 g/mol. The van der Waals surface area contributed by atoms with Crippen LogP contribution in [0.15, 0.2) is 18.3 Å². The monoisotopic (exact) mass is 422 g/mol. The number of nitrogens with one attached hydrogen (secondary N) is 2. The van der Waals surface area contributed by atoms with Crippen molar-refractivity contribution in [1.29, 1.82) is 0 Å². The maximum atomic E-state index is 12.9. The van der Waals surface area contributed by atoms with E-state index >= 15 is 0 Å². The molecule has 1 aliphatic rings. The van der Waals surface area contributed by atoms with Crippen LogP contribution in [0.1, 0.15) is 31.7 Å². The lowest BCUT2D eigenvalue weighted by atomic mass is 9.99. The molecule has 0 saturated carbocycles. The summed E-state index contributed by atoms with van der Waals surface area (Å²) >= 11 is 0. The van der Waals surface area contributed by atoms with Gasteiger partial charge >= 0.3 is 6.18 Å². The summed E-state index contributed by atoms with van der Waals surface area (Å²) in [7, 11) is -3.35. The number of aromatic nitrogens is 1. The van der Waals surface area contributed by atoms with Crippen molar-refractivity contribution in [3.8, 4) is 0 Å². The number of piperidine rings is 1. The second-order valence-electron chi connectivity index (χ2n) is 6.63. The van der Waals surface area contributed by atoms with Gasteiger partial charge in [-0.15, -0.1) is 0 Å². The van der Waals surface area contributed by atoms with E-state index < -0.39 is 27.7 Å². The number of rotatable bonds is 8. The molecule has 0 spiro atoms. The molecule has 158 valence electrons. The Morgan fingerprint density at radius 1 is 1.36 bits per heavy atom. The summed E-state index contributed by atoms with van der Waals surface area (Å²) in [5, 5.41) is 5.23. The number of alkyl halides is 3. The molecule has 1 amide bonds. The van der Waals surface area contributed by atoms with Gasteiger partial charge in [-0.2, -0.15) is 13.2 Å². The van der Waals surface area contributed by atoms with Crippen molar-refractivity contribution < 1.29 is 26.4 Å². The van der Waals surface area contributed by atoms with Crippen LogP contribution in [0.5, 0.6) is 0 Å². The number of sulfonamides is 1. The smallest absolute Gasteiger partial charge is 0.368 e. The first-order valence-electron chi connectivity index (χ1n) is 9.16. The zero-order chi connectivity index (χ0) is 20.8. The molecule has 0 bridgehead atoms. The van der Waals surface area contributed by atoms with Crippen molar-refractivity contribution in [2.75, 3.05) is 37.2 Å². The number of hydrogen-bond acceptors (Lipinski definition) is 5. The van der Waals surface area contributed by atoms with Crippen molar-refractivity contribution in [2.24, 2.45) is 5.92 Å². The van der Waals surface area contributed by atoms with Gasteiger partial charge in [-0.05, 0) is 31.4 Å². The van der Waals surface area contributed by atoms with E-state index in [2.05, 4.69) is 15.6 Å². The van der Waals surface area contributed by atoms with Crippen molar-refractivity contribution in [3.63, 3.8) is 0 Å². The van der Waals surface area contributed by atoms with Gasteiger partial charge in [0.25, 0.3) is 0 Å². The highest BCUT2D eigenvalue weighted by Gasteiger charge is 2.34. The third-order valence-corrected chi connectivity index (χ3v) is 6.48. The highest BCUT2D eigenvalue weighted by molar-refractivity contribution is 7.89. The van der Waals surface area contributed by atoms with E-state index in [1.165, 1.54) is 16.6 Å². The molecule has 1 atom stereocenters. The van der Waals surface area contributed by atoms with E-state index in [-0.39, 0.29) is 37.1 Å². The molecule has 1 aromatic rings. The molecule has 28 heavy (non-hydrogen) atoms. The minimum Gasteiger partial charge on any atom is -0.368 e. The van der Waals surface area contributed by atoms with Crippen LogP contribution in [0.2, 0.25) is 0 Å². The number of hydrogen-bond donors (Lipinski definition) is 2. The fraction of sp³-hybridized carbons (Fsp3) is 0.647. The minimum atomic E-state index is -4.52. The van der Waals surface area contributed by atoms with Crippen molar-refractivity contribution in [3.05, 3.63) is 23.9 Å². The SMILES string of the molecule is CCCS(=O)(=O)N1CCCC(C(=O)NCCNc2ncccc2C(F)(F)F)C1. The number of carbonyl (C=O) groups is 1. The van der Waals surface area contributed by atoms with Crippen LogP contribution in [0.25, 0.3) is 0 Å². The van der Waals surface area contributed by atoms with Gasteiger partial charge in [0, 0.05) is 32.4 Å². The second-order valence-corrected chi connectivity index (χ2v) is 8.72. The molecule has 1 unspecified atom stereocenters. The van der Waals surface area contributed by atoms with Crippen LogP contribution < -0.4 is 10.6 Å². The molecule has 1 aromatic heterocycles. The largest absolute Gasteiger partial charge is 0.419 e. The molecular weight excluding hydrogens is 397 g/mol. The lowest BCUT2D eigenvalue weighted by Gasteiger charge is -2.31. The number of carbonyl (C=O) groups excluding carboxylic acids is 1. The maximum Gasteiger partial charge on any atom is 0.419 e. The first-order valence-corrected chi connectivity index (χ1v) is 10.8. The van der Waals surface area contributed by atoms with Crippen LogP contribution in [0, 0.1) is 5.92 Å². The van der Waals surface area contributed by atoms with Gasteiger partial charge in [0.2, 0.25) is 15.9 Å². The third-order valence-electron chi connectivity index (χ3n) is 4.44. The van der Waals surface area contributed by atoms with Crippen molar-refractivity contribution in [1.82, 2.24) is 14.6 Å². The molecule has 0 aromatic carbocycles. The highest BCUT2D eigenvalue weighted by atomic mass is 32.2. The van der Waals surface area contributed by atoms with Gasteiger partial charge in [0.15, 0.2) is 0 Å². The summed E-state index contributed by atoms with van der Waals surface area (Å²) in [4.78, 5) is 16.0. The Kier molecular flexibility index (Phi) is 7.64. The number of amides is 1. The quantitative estimate of drug-likeness (QED) is 0.626. The summed E-state index contributed by atoms with van der Waals surface area (Å²) in [5.41, 5.74) is -0.870. The maximum absolute atomic E-state index is 12.9. The summed E-state index contributed by atoms with van der Waals surface area (Å²) in [6, 6.07) is 2.14. The minimum absolute atomic E-state index is 0.0525. The molecular formula is C17H25F3N4O3S. The van der Waals surface area contributed by atoms with Gasteiger partial charge < -0.3 is 10.6 Å². The fourth-order valence-corrected chi connectivity index (χ4v) is 4.67. The van der Waals surface area contributed by atoms with E-state index in [1.807, 2.05) is 0 Å². The zero-order valence-corrected chi connectivity index (χ0v) is 16.4. The third kappa shape index (κ3) is 6.06. The Bertz CT molecular complexity index is 771. The molecule has 2 rings (SSSR count). The van der Waals surface area contributed by atoms with Crippen LogP contribution in [0.4, 0.5) is 19.0 Å². The summed E-state index contributed by atoms with van der Waals surface area (Å²) < 4.78 is 64.4. The molecule has 2 heterocycles. The summed E-state index contributed by atoms with van der Waals surface area (Å²) in [6.45, 7) is 2.50. The van der Waals surface area contributed by atoms with Crippen LogP contribution in [0.3, 0.4) is 0 Å². The molecule has 1 saturated heterocycles. The second kappa shape index (κ2) is 9.55. The Hall–Kier alpha value is -1.88. The molecule has 0 radical (unpaired) electrons. The van der Waals surface area contributed by atoms with Crippen LogP contribution in [-0.2, 0) is 21.0 Å². The van der Waals surface area contributed by atoms with E-state index in [0.717, 1.165) is 6.07 Å². The number of nitrogens with zero attached hydrogens (tertiary/aromatic N) is 2. The predicted molar refractivity (Wildman–Crippen MR) is 99.1 cm³/mol. The number of anilines is 1. The van der Waals surface area contributed by atoms with Crippen LogP contribution >= 0.6 is 0 Å². The molecule has 2 N–H and O–H groups in total. The lowest BCUT2D eigenvalue weighted by molar-refractivity contribution is -0.137. The first-order chi connectivity index (χ1) is 13.1. The van der Waals surface area contributed by atoms with Crippen molar-refractivity contribution in [2.45, 2.75) is 32.4 Å². The predicted octanol–water partition coefficient (Wildman–Crippen LogP) is 2.08. The Morgan fingerprint density at radius 3 is 2.79 bits per heavy atom. The van der Waals surface area contributed by atoms with Gasteiger partial charge in [0.05, 0.1) is 17.2 Å². The number of pyridine rings is 1. The van der Waals surface area contributed by atoms with Gasteiger partial charge in [0.1, 0.15) is 5.82 Å². The fourth-order valence-electron chi connectivity index (χ4n) is 3.08. The van der Waals surface area contributed by atoms with Gasteiger partial charge in [-0.25, -0.2) is 17.7 Å². The van der Waals surface area contributed by atoms with E-state index in [9.17, 15) is 26.4 Å².